The maximum atomic E-state index is 11.3. The van der Waals surface area contributed by atoms with Crippen LogP contribution in [0.2, 0.25) is 0 Å². The predicted octanol–water partition coefficient (Wildman–Crippen LogP) is 5.54. The molecule has 0 aliphatic carbocycles. The van der Waals surface area contributed by atoms with Gasteiger partial charge in [0.05, 0.1) is 12.2 Å². The van der Waals surface area contributed by atoms with E-state index in [1.165, 1.54) is 70.6 Å². The SMILES string of the molecule is C[C@@H]1O[C@@H](OCCCCCCCCCCCCCCCCCCC(=O)CC(=O)O)[C@H](O)C[C@H]1O. The summed E-state index contributed by atoms with van der Waals surface area (Å²) in [6.07, 6.45) is 17.4. The van der Waals surface area contributed by atoms with Crippen LogP contribution in [-0.2, 0) is 19.1 Å². The molecule has 1 fully saturated rings. The Bertz CT molecular complexity index is 525. The molecular weight excluding hydrogens is 436 g/mol. The summed E-state index contributed by atoms with van der Waals surface area (Å²) in [5, 5.41) is 28.1. The number of aliphatic hydroxyl groups excluding tert-OH is 2. The molecular formula is C27H50O7. The van der Waals surface area contributed by atoms with Crippen LogP contribution in [0.1, 0.15) is 129 Å². The van der Waals surface area contributed by atoms with Gasteiger partial charge < -0.3 is 24.8 Å². The maximum Gasteiger partial charge on any atom is 0.310 e. The van der Waals surface area contributed by atoms with Crippen LogP contribution in [0.4, 0.5) is 0 Å². The van der Waals surface area contributed by atoms with Crippen molar-refractivity contribution in [1.29, 1.82) is 0 Å². The Labute approximate surface area is 206 Å². The molecule has 0 spiro atoms. The van der Waals surface area contributed by atoms with E-state index in [9.17, 15) is 19.8 Å². The van der Waals surface area contributed by atoms with Gasteiger partial charge in [0, 0.05) is 19.4 Å². The molecule has 0 aromatic rings. The number of ether oxygens (including phenoxy) is 2. The van der Waals surface area contributed by atoms with E-state index in [-0.39, 0.29) is 18.3 Å². The molecule has 34 heavy (non-hydrogen) atoms. The minimum Gasteiger partial charge on any atom is -0.481 e. The van der Waals surface area contributed by atoms with Crippen LogP contribution in [-0.4, -0.2) is 58.3 Å². The summed E-state index contributed by atoms with van der Waals surface area (Å²) < 4.78 is 11.2. The van der Waals surface area contributed by atoms with Crippen molar-refractivity contribution in [2.24, 2.45) is 0 Å². The monoisotopic (exact) mass is 486 g/mol. The number of ketones is 1. The number of hydrogen-bond donors (Lipinski definition) is 3. The molecule has 0 amide bonds. The van der Waals surface area contributed by atoms with Crippen molar-refractivity contribution in [3.63, 3.8) is 0 Å². The van der Waals surface area contributed by atoms with Crippen molar-refractivity contribution in [1.82, 2.24) is 0 Å². The summed E-state index contributed by atoms with van der Waals surface area (Å²) in [6, 6.07) is 0. The molecule has 7 heteroatoms. The van der Waals surface area contributed by atoms with Gasteiger partial charge in [-0.25, -0.2) is 0 Å². The summed E-state index contributed by atoms with van der Waals surface area (Å²) in [6.45, 7) is 2.40. The van der Waals surface area contributed by atoms with Crippen molar-refractivity contribution in [3.8, 4) is 0 Å². The van der Waals surface area contributed by atoms with Crippen molar-refractivity contribution < 1.29 is 34.4 Å². The second-order valence-corrected chi connectivity index (χ2v) is 9.97. The number of carboxylic acid groups (broad SMARTS) is 1. The Kier molecular flexibility index (Phi) is 18.4. The summed E-state index contributed by atoms with van der Waals surface area (Å²) in [5.74, 6) is -1.17. The van der Waals surface area contributed by atoms with Gasteiger partial charge in [-0.1, -0.05) is 89.9 Å². The van der Waals surface area contributed by atoms with Crippen LogP contribution >= 0.6 is 0 Å². The Balaban J connectivity index is 1.74. The normalized spacial score (nSPS) is 22.7. The molecule has 1 saturated heterocycles. The molecule has 1 rings (SSSR count). The molecule has 200 valence electrons. The molecule has 7 nitrogen and oxygen atoms in total. The molecule has 1 aliphatic heterocycles. The zero-order valence-corrected chi connectivity index (χ0v) is 21.4. The van der Waals surface area contributed by atoms with Crippen LogP contribution < -0.4 is 0 Å². The molecule has 3 N–H and O–H groups in total. The molecule has 0 unspecified atom stereocenters. The van der Waals surface area contributed by atoms with E-state index in [2.05, 4.69) is 0 Å². The largest absolute Gasteiger partial charge is 0.481 e. The van der Waals surface area contributed by atoms with Gasteiger partial charge in [0.1, 0.15) is 18.3 Å². The highest BCUT2D eigenvalue weighted by atomic mass is 16.7. The molecule has 0 aromatic carbocycles. The standard InChI is InChI=1S/C27H50O7/c1-22-24(29)21-25(30)27(34-22)33-19-17-15-13-11-9-7-5-3-2-4-6-8-10-12-14-16-18-23(28)20-26(31)32/h22,24-25,27,29-30H,2-21H2,1H3,(H,31,32)/t22-,24+,25+,27+/m0/s1. The number of Topliss-reactive ketones (excluding diaryl/α,β-unsaturated/α-hetero) is 1. The molecule has 0 saturated carbocycles. The first-order valence-electron chi connectivity index (χ1n) is 13.8. The molecule has 0 aromatic heterocycles. The van der Waals surface area contributed by atoms with E-state index in [4.69, 9.17) is 14.6 Å². The van der Waals surface area contributed by atoms with Gasteiger partial charge in [0.25, 0.3) is 0 Å². The highest BCUT2D eigenvalue weighted by Gasteiger charge is 2.34. The van der Waals surface area contributed by atoms with E-state index in [1.807, 2.05) is 0 Å². The van der Waals surface area contributed by atoms with Gasteiger partial charge in [-0.3, -0.25) is 9.59 Å². The van der Waals surface area contributed by atoms with Gasteiger partial charge in [0.15, 0.2) is 6.29 Å². The lowest BCUT2D eigenvalue weighted by Crippen LogP contribution is -2.47. The molecule has 0 radical (unpaired) electrons. The topological polar surface area (TPSA) is 113 Å². The smallest absolute Gasteiger partial charge is 0.310 e. The van der Waals surface area contributed by atoms with Crippen molar-refractivity contribution in [2.75, 3.05) is 6.61 Å². The van der Waals surface area contributed by atoms with Gasteiger partial charge in [-0.2, -0.15) is 0 Å². The Morgan fingerprint density at radius 2 is 1.18 bits per heavy atom. The summed E-state index contributed by atoms with van der Waals surface area (Å²) in [4.78, 5) is 21.7. The van der Waals surface area contributed by atoms with Crippen LogP contribution in [0.25, 0.3) is 0 Å². The Hall–Kier alpha value is -1.02. The van der Waals surface area contributed by atoms with Crippen molar-refractivity contribution in [2.45, 2.75) is 154 Å². The zero-order chi connectivity index (χ0) is 25.0. The first kappa shape index (κ1) is 31.0. The number of aliphatic carboxylic acids is 1. The van der Waals surface area contributed by atoms with E-state index in [1.54, 1.807) is 6.92 Å². The molecule has 0 bridgehead atoms. The first-order chi connectivity index (χ1) is 16.4. The Morgan fingerprint density at radius 3 is 1.65 bits per heavy atom. The van der Waals surface area contributed by atoms with Gasteiger partial charge in [-0.15, -0.1) is 0 Å². The zero-order valence-electron chi connectivity index (χ0n) is 21.4. The summed E-state index contributed by atoms with van der Waals surface area (Å²) in [7, 11) is 0. The van der Waals surface area contributed by atoms with Crippen LogP contribution in [0.15, 0.2) is 0 Å². The predicted molar refractivity (Wildman–Crippen MR) is 133 cm³/mol. The lowest BCUT2D eigenvalue weighted by Gasteiger charge is -2.35. The van der Waals surface area contributed by atoms with Crippen LogP contribution in [0.5, 0.6) is 0 Å². The van der Waals surface area contributed by atoms with E-state index < -0.39 is 24.5 Å². The number of carbonyl (C=O) groups is 2. The third-order valence-corrected chi connectivity index (χ3v) is 6.67. The van der Waals surface area contributed by atoms with Gasteiger partial charge in [-0.05, 0) is 19.8 Å². The fourth-order valence-corrected chi connectivity index (χ4v) is 4.45. The van der Waals surface area contributed by atoms with Gasteiger partial charge in [0.2, 0.25) is 0 Å². The van der Waals surface area contributed by atoms with Crippen LogP contribution in [0, 0.1) is 0 Å². The average molecular weight is 487 g/mol. The third kappa shape index (κ3) is 16.6. The summed E-state index contributed by atoms with van der Waals surface area (Å²) in [5.41, 5.74) is 0. The van der Waals surface area contributed by atoms with E-state index in [0.29, 0.717) is 19.4 Å². The first-order valence-corrected chi connectivity index (χ1v) is 13.8. The maximum absolute atomic E-state index is 11.3. The fourth-order valence-electron chi connectivity index (χ4n) is 4.45. The number of aliphatic hydroxyl groups is 2. The minimum atomic E-state index is -1.02. The number of carbonyl (C=O) groups excluding carboxylic acids is 1. The average Bonchev–Trinajstić information content (AvgIpc) is 2.78. The lowest BCUT2D eigenvalue weighted by atomic mass is 10.0. The number of rotatable bonds is 22. The van der Waals surface area contributed by atoms with Crippen molar-refractivity contribution >= 4 is 11.8 Å². The quantitative estimate of drug-likeness (QED) is 0.136. The van der Waals surface area contributed by atoms with Crippen LogP contribution in [0.3, 0.4) is 0 Å². The van der Waals surface area contributed by atoms with Gasteiger partial charge >= 0.3 is 5.97 Å². The summed E-state index contributed by atoms with van der Waals surface area (Å²) >= 11 is 0. The molecule has 1 heterocycles. The highest BCUT2D eigenvalue weighted by molar-refractivity contribution is 5.94. The number of unbranched alkanes of at least 4 members (excludes halogenated alkanes) is 15. The second kappa shape index (κ2) is 20.2. The minimum absolute atomic E-state index is 0.151. The third-order valence-electron chi connectivity index (χ3n) is 6.67. The number of hydrogen-bond acceptors (Lipinski definition) is 6. The van der Waals surface area contributed by atoms with E-state index >= 15 is 0 Å². The lowest BCUT2D eigenvalue weighted by molar-refractivity contribution is -0.261. The Morgan fingerprint density at radius 1 is 0.735 bits per heavy atom. The number of carboxylic acids is 1. The highest BCUT2D eigenvalue weighted by Crippen LogP contribution is 2.21. The van der Waals surface area contributed by atoms with E-state index in [0.717, 1.165) is 32.1 Å². The second-order valence-electron chi connectivity index (χ2n) is 9.97. The molecule has 1 aliphatic rings. The molecule has 4 atom stereocenters. The van der Waals surface area contributed by atoms with Crippen molar-refractivity contribution in [3.05, 3.63) is 0 Å². The fraction of sp³-hybridized carbons (Fsp3) is 0.926.